The van der Waals surface area contributed by atoms with Gasteiger partial charge >= 0.3 is 0 Å². The molecule has 0 spiro atoms. The highest BCUT2D eigenvalue weighted by atomic mass is 15.3. The largest absolute Gasteiger partial charge is 0.308 e. The molecule has 0 saturated heterocycles. The molecule has 4 heteroatoms. The second-order valence-electron chi connectivity index (χ2n) is 4.24. The van der Waals surface area contributed by atoms with Gasteiger partial charge in [-0.15, -0.1) is 0 Å². The lowest BCUT2D eigenvalue weighted by Crippen LogP contribution is -2.23. The molecule has 90 valence electrons. The molecule has 1 atom stereocenters. The van der Waals surface area contributed by atoms with Crippen molar-refractivity contribution in [3.05, 3.63) is 48.0 Å². The monoisotopic (exact) mass is 230 g/mol. The standard InChI is InChI=1S/C13H18N4/c1-11-8-16-17(10-11)7-6-15-12(2)13-4-3-5-14-9-13/h3-5,8-10,12,15H,6-7H2,1-2H3/t12-/m1/s1. The molecule has 0 unspecified atom stereocenters. The van der Waals surface area contributed by atoms with Crippen molar-refractivity contribution in [3.8, 4) is 0 Å². The molecule has 0 aliphatic heterocycles. The minimum atomic E-state index is 0.320. The van der Waals surface area contributed by atoms with E-state index in [2.05, 4.69) is 41.5 Å². The summed E-state index contributed by atoms with van der Waals surface area (Å²) in [6, 6.07) is 4.37. The number of aromatic nitrogens is 3. The van der Waals surface area contributed by atoms with Gasteiger partial charge in [0.2, 0.25) is 0 Å². The molecular weight excluding hydrogens is 212 g/mol. The van der Waals surface area contributed by atoms with E-state index in [1.54, 1.807) is 6.20 Å². The number of nitrogens with one attached hydrogen (secondary N) is 1. The van der Waals surface area contributed by atoms with Crippen LogP contribution in [-0.2, 0) is 6.54 Å². The molecule has 2 heterocycles. The molecule has 0 amide bonds. The van der Waals surface area contributed by atoms with Crippen molar-refractivity contribution in [1.82, 2.24) is 20.1 Å². The van der Waals surface area contributed by atoms with Crippen molar-refractivity contribution in [1.29, 1.82) is 0 Å². The van der Waals surface area contributed by atoms with Crippen LogP contribution in [-0.4, -0.2) is 21.3 Å². The highest BCUT2D eigenvalue weighted by Gasteiger charge is 2.03. The summed E-state index contributed by atoms with van der Waals surface area (Å²) < 4.78 is 1.96. The van der Waals surface area contributed by atoms with Gasteiger partial charge < -0.3 is 5.32 Å². The lowest BCUT2D eigenvalue weighted by Gasteiger charge is -2.13. The van der Waals surface area contributed by atoms with Gasteiger partial charge in [0.25, 0.3) is 0 Å². The molecule has 4 nitrogen and oxygen atoms in total. The van der Waals surface area contributed by atoms with E-state index in [0.717, 1.165) is 13.1 Å². The van der Waals surface area contributed by atoms with Gasteiger partial charge in [-0.1, -0.05) is 6.07 Å². The Morgan fingerprint density at radius 1 is 1.41 bits per heavy atom. The van der Waals surface area contributed by atoms with E-state index >= 15 is 0 Å². The van der Waals surface area contributed by atoms with Crippen LogP contribution in [0.5, 0.6) is 0 Å². The molecule has 0 bridgehead atoms. The van der Waals surface area contributed by atoms with Gasteiger partial charge in [-0.2, -0.15) is 5.10 Å². The van der Waals surface area contributed by atoms with Crippen LogP contribution in [0.25, 0.3) is 0 Å². The quantitative estimate of drug-likeness (QED) is 0.853. The van der Waals surface area contributed by atoms with Crippen molar-refractivity contribution in [3.63, 3.8) is 0 Å². The summed E-state index contributed by atoms with van der Waals surface area (Å²) in [5.74, 6) is 0. The van der Waals surface area contributed by atoms with Crippen molar-refractivity contribution in [2.24, 2.45) is 0 Å². The summed E-state index contributed by atoms with van der Waals surface area (Å²) in [6.45, 7) is 5.98. The molecule has 0 fully saturated rings. The Kier molecular flexibility index (Phi) is 3.88. The van der Waals surface area contributed by atoms with Crippen molar-refractivity contribution in [2.75, 3.05) is 6.54 Å². The first-order chi connectivity index (χ1) is 8.25. The maximum atomic E-state index is 4.25. The third-order valence-corrected chi connectivity index (χ3v) is 2.74. The normalized spacial score (nSPS) is 12.6. The predicted octanol–water partition coefficient (Wildman–Crippen LogP) is 1.94. The van der Waals surface area contributed by atoms with E-state index in [9.17, 15) is 0 Å². The Bertz CT molecular complexity index is 449. The second-order valence-corrected chi connectivity index (χ2v) is 4.24. The molecule has 0 aromatic carbocycles. The SMILES string of the molecule is Cc1cnn(CCN[C@H](C)c2cccnc2)c1. The summed E-state index contributed by atoms with van der Waals surface area (Å²) >= 11 is 0. The molecule has 2 aromatic rings. The molecule has 0 aliphatic rings. The van der Waals surface area contributed by atoms with E-state index in [4.69, 9.17) is 0 Å². The van der Waals surface area contributed by atoms with Crippen LogP contribution >= 0.6 is 0 Å². The van der Waals surface area contributed by atoms with Crippen LogP contribution in [0, 0.1) is 6.92 Å². The van der Waals surface area contributed by atoms with Crippen LogP contribution in [0.1, 0.15) is 24.1 Å². The molecular formula is C13H18N4. The Balaban J connectivity index is 1.79. The van der Waals surface area contributed by atoms with Gasteiger partial charge in [0.15, 0.2) is 0 Å². The third kappa shape index (κ3) is 3.39. The fourth-order valence-corrected chi connectivity index (χ4v) is 1.73. The van der Waals surface area contributed by atoms with Crippen molar-refractivity contribution < 1.29 is 0 Å². The fraction of sp³-hybridized carbons (Fsp3) is 0.385. The first kappa shape index (κ1) is 11.8. The molecule has 17 heavy (non-hydrogen) atoms. The molecule has 0 radical (unpaired) electrons. The number of hydrogen-bond donors (Lipinski definition) is 1. The van der Waals surface area contributed by atoms with Gasteiger partial charge in [0.1, 0.15) is 0 Å². The van der Waals surface area contributed by atoms with Crippen LogP contribution < -0.4 is 5.32 Å². The van der Waals surface area contributed by atoms with Gasteiger partial charge in [-0.25, -0.2) is 0 Å². The number of nitrogens with zero attached hydrogens (tertiary/aromatic N) is 3. The Morgan fingerprint density at radius 3 is 2.94 bits per heavy atom. The molecule has 1 N–H and O–H groups in total. The zero-order valence-corrected chi connectivity index (χ0v) is 10.3. The summed E-state index contributed by atoms with van der Waals surface area (Å²) in [5, 5.41) is 7.71. The molecule has 0 aliphatic carbocycles. The molecule has 2 rings (SSSR count). The molecule has 0 saturated carbocycles. The van der Waals surface area contributed by atoms with Gasteiger partial charge in [0.05, 0.1) is 12.7 Å². The summed E-state index contributed by atoms with van der Waals surface area (Å²) in [5.41, 5.74) is 2.41. The first-order valence-electron chi connectivity index (χ1n) is 5.88. The maximum Gasteiger partial charge on any atom is 0.0534 e. The predicted molar refractivity (Wildman–Crippen MR) is 67.6 cm³/mol. The zero-order valence-electron chi connectivity index (χ0n) is 10.3. The highest BCUT2D eigenvalue weighted by Crippen LogP contribution is 2.08. The lowest BCUT2D eigenvalue weighted by molar-refractivity contribution is 0.506. The third-order valence-electron chi connectivity index (χ3n) is 2.74. The van der Waals surface area contributed by atoms with Crippen LogP contribution in [0.2, 0.25) is 0 Å². The van der Waals surface area contributed by atoms with Crippen LogP contribution in [0.4, 0.5) is 0 Å². The number of hydrogen-bond acceptors (Lipinski definition) is 3. The van der Waals surface area contributed by atoms with Crippen LogP contribution in [0.15, 0.2) is 36.9 Å². The van der Waals surface area contributed by atoms with E-state index in [1.165, 1.54) is 11.1 Å². The van der Waals surface area contributed by atoms with Crippen molar-refractivity contribution >= 4 is 0 Å². The number of aryl methyl sites for hydroxylation is 1. The van der Waals surface area contributed by atoms with Crippen molar-refractivity contribution in [2.45, 2.75) is 26.4 Å². The zero-order chi connectivity index (χ0) is 12.1. The number of pyridine rings is 1. The van der Waals surface area contributed by atoms with E-state index in [-0.39, 0.29) is 0 Å². The minimum Gasteiger partial charge on any atom is -0.308 e. The van der Waals surface area contributed by atoms with Gasteiger partial charge in [0, 0.05) is 31.2 Å². The fourth-order valence-electron chi connectivity index (χ4n) is 1.73. The van der Waals surface area contributed by atoms with Crippen LogP contribution in [0.3, 0.4) is 0 Å². The summed E-state index contributed by atoms with van der Waals surface area (Å²) in [7, 11) is 0. The summed E-state index contributed by atoms with van der Waals surface area (Å²) in [6.07, 6.45) is 7.62. The van der Waals surface area contributed by atoms with Gasteiger partial charge in [-0.05, 0) is 31.0 Å². The smallest absolute Gasteiger partial charge is 0.0534 e. The highest BCUT2D eigenvalue weighted by molar-refractivity contribution is 5.12. The Labute approximate surface area is 102 Å². The maximum absolute atomic E-state index is 4.25. The number of rotatable bonds is 5. The Hall–Kier alpha value is -1.68. The average Bonchev–Trinajstić information content (AvgIpc) is 2.76. The molecule has 2 aromatic heterocycles. The average molecular weight is 230 g/mol. The topological polar surface area (TPSA) is 42.7 Å². The Morgan fingerprint density at radius 2 is 2.29 bits per heavy atom. The lowest BCUT2D eigenvalue weighted by atomic mass is 10.1. The second kappa shape index (κ2) is 5.59. The first-order valence-corrected chi connectivity index (χ1v) is 5.88. The van der Waals surface area contributed by atoms with E-state index in [1.807, 2.05) is 23.1 Å². The van der Waals surface area contributed by atoms with E-state index in [0.29, 0.717) is 6.04 Å². The van der Waals surface area contributed by atoms with Gasteiger partial charge in [-0.3, -0.25) is 9.67 Å². The summed E-state index contributed by atoms with van der Waals surface area (Å²) in [4.78, 5) is 4.12. The van der Waals surface area contributed by atoms with E-state index < -0.39 is 0 Å². The minimum absolute atomic E-state index is 0.320.